The van der Waals surface area contributed by atoms with Gasteiger partial charge in [-0.1, -0.05) is 26.8 Å². The molecule has 1 fully saturated rings. The van der Waals surface area contributed by atoms with Crippen LogP contribution in [0.2, 0.25) is 0 Å². The fraction of sp³-hybridized carbons (Fsp3) is 0.786. The molecule has 0 aromatic rings. The van der Waals surface area contributed by atoms with Crippen LogP contribution in [0.1, 0.15) is 52.9 Å². The van der Waals surface area contributed by atoms with Crippen LogP contribution < -0.4 is 0 Å². The number of ether oxygens (including phenoxy) is 1. The van der Waals surface area contributed by atoms with E-state index in [2.05, 4.69) is 27.4 Å². The van der Waals surface area contributed by atoms with Crippen molar-refractivity contribution in [2.24, 2.45) is 11.8 Å². The molecule has 92 valence electrons. The first-order chi connectivity index (χ1) is 7.57. The molecule has 2 heteroatoms. The van der Waals surface area contributed by atoms with Crippen molar-refractivity contribution in [1.82, 2.24) is 0 Å². The molecule has 2 nitrogen and oxygen atoms in total. The fourth-order valence-electron chi connectivity index (χ4n) is 3.25. The second-order valence-corrected chi connectivity index (χ2v) is 5.01. The molecule has 0 aromatic heterocycles. The lowest BCUT2D eigenvalue weighted by Gasteiger charge is -2.44. The standard InChI is InChI=1S/C14H24O2/c1-5-11-9-8-10-14(4,12(11)6-2)16-13(15)7-3/h7,11-12H,3,5-6,8-10H2,1-2,4H3. The average Bonchev–Trinajstić information content (AvgIpc) is 2.27. The Labute approximate surface area is 99.1 Å². The molecular formula is C14H24O2. The van der Waals surface area contributed by atoms with E-state index < -0.39 is 0 Å². The monoisotopic (exact) mass is 224 g/mol. The maximum atomic E-state index is 11.4. The van der Waals surface area contributed by atoms with Gasteiger partial charge in [-0.25, -0.2) is 4.79 Å². The van der Waals surface area contributed by atoms with Crippen LogP contribution in [0, 0.1) is 11.8 Å². The van der Waals surface area contributed by atoms with Gasteiger partial charge in [-0.15, -0.1) is 0 Å². The summed E-state index contributed by atoms with van der Waals surface area (Å²) in [5.41, 5.74) is -0.279. The average molecular weight is 224 g/mol. The van der Waals surface area contributed by atoms with Gasteiger partial charge in [0.05, 0.1) is 0 Å². The van der Waals surface area contributed by atoms with Gasteiger partial charge < -0.3 is 4.74 Å². The quantitative estimate of drug-likeness (QED) is 0.537. The molecule has 0 bridgehead atoms. The smallest absolute Gasteiger partial charge is 0.330 e. The van der Waals surface area contributed by atoms with Gasteiger partial charge in [0.1, 0.15) is 5.60 Å². The molecule has 0 radical (unpaired) electrons. The molecule has 1 rings (SSSR count). The van der Waals surface area contributed by atoms with E-state index in [-0.39, 0.29) is 11.6 Å². The summed E-state index contributed by atoms with van der Waals surface area (Å²) in [6.07, 6.45) is 6.96. The molecule has 16 heavy (non-hydrogen) atoms. The van der Waals surface area contributed by atoms with E-state index in [0.717, 1.165) is 19.3 Å². The normalized spacial score (nSPS) is 34.4. The number of hydrogen-bond acceptors (Lipinski definition) is 2. The minimum atomic E-state index is -0.280. The Hall–Kier alpha value is -0.790. The van der Waals surface area contributed by atoms with E-state index in [1.165, 1.54) is 18.9 Å². The zero-order valence-electron chi connectivity index (χ0n) is 10.8. The summed E-state index contributed by atoms with van der Waals surface area (Å²) >= 11 is 0. The Morgan fingerprint density at radius 3 is 2.69 bits per heavy atom. The topological polar surface area (TPSA) is 26.3 Å². The lowest BCUT2D eigenvalue weighted by Crippen LogP contribution is -2.45. The minimum absolute atomic E-state index is 0.279. The number of rotatable bonds is 4. The summed E-state index contributed by atoms with van der Waals surface area (Å²) < 4.78 is 5.61. The summed E-state index contributed by atoms with van der Waals surface area (Å²) in [6.45, 7) is 9.98. The Bertz CT molecular complexity index is 259. The van der Waals surface area contributed by atoms with Gasteiger partial charge in [0.25, 0.3) is 0 Å². The van der Waals surface area contributed by atoms with Crippen LogP contribution >= 0.6 is 0 Å². The van der Waals surface area contributed by atoms with Gasteiger partial charge in [0.15, 0.2) is 0 Å². The van der Waals surface area contributed by atoms with Crippen LogP contribution in [-0.2, 0) is 9.53 Å². The van der Waals surface area contributed by atoms with Gasteiger partial charge in [0, 0.05) is 12.0 Å². The summed E-state index contributed by atoms with van der Waals surface area (Å²) in [4.78, 5) is 11.4. The largest absolute Gasteiger partial charge is 0.456 e. The van der Waals surface area contributed by atoms with Crippen molar-refractivity contribution in [2.45, 2.75) is 58.5 Å². The lowest BCUT2D eigenvalue weighted by atomic mass is 9.67. The third-order valence-electron chi connectivity index (χ3n) is 4.07. The minimum Gasteiger partial charge on any atom is -0.456 e. The second-order valence-electron chi connectivity index (χ2n) is 5.01. The van der Waals surface area contributed by atoms with Crippen molar-refractivity contribution in [3.05, 3.63) is 12.7 Å². The SMILES string of the molecule is C=CC(=O)OC1(C)CCCC(CC)C1CC. The predicted octanol–water partition coefficient (Wildman–Crippen LogP) is 3.71. The molecule has 0 amide bonds. The molecule has 3 unspecified atom stereocenters. The first kappa shape index (κ1) is 13.3. The van der Waals surface area contributed by atoms with E-state index in [1.807, 2.05) is 0 Å². The Balaban J connectivity index is 2.81. The Kier molecular flexibility index (Phi) is 4.57. The van der Waals surface area contributed by atoms with Crippen LogP contribution in [0.25, 0.3) is 0 Å². The molecule has 3 atom stereocenters. The van der Waals surface area contributed by atoms with Crippen molar-refractivity contribution in [2.75, 3.05) is 0 Å². The van der Waals surface area contributed by atoms with Gasteiger partial charge in [-0.3, -0.25) is 0 Å². The molecule has 0 N–H and O–H groups in total. The first-order valence-corrected chi connectivity index (χ1v) is 6.42. The molecule has 0 aromatic carbocycles. The molecule has 0 saturated heterocycles. The summed E-state index contributed by atoms with van der Waals surface area (Å²) in [7, 11) is 0. The summed E-state index contributed by atoms with van der Waals surface area (Å²) in [6, 6.07) is 0. The van der Waals surface area contributed by atoms with Gasteiger partial charge >= 0.3 is 5.97 Å². The number of esters is 1. The molecule has 0 heterocycles. The van der Waals surface area contributed by atoms with E-state index in [1.54, 1.807) is 0 Å². The molecule has 1 aliphatic carbocycles. The Morgan fingerprint density at radius 2 is 2.19 bits per heavy atom. The van der Waals surface area contributed by atoms with E-state index >= 15 is 0 Å². The van der Waals surface area contributed by atoms with Crippen molar-refractivity contribution < 1.29 is 9.53 Å². The summed E-state index contributed by atoms with van der Waals surface area (Å²) in [5, 5.41) is 0. The maximum Gasteiger partial charge on any atom is 0.330 e. The van der Waals surface area contributed by atoms with Crippen molar-refractivity contribution in [3.63, 3.8) is 0 Å². The highest BCUT2D eigenvalue weighted by molar-refractivity contribution is 5.81. The highest BCUT2D eigenvalue weighted by Crippen LogP contribution is 2.43. The van der Waals surface area contributed by atoms with Gasteiger partial charge in [-0.2, -0.15) is 0 Å². The second kappa shape index (κ2) is 5.51. The zero-order chi connectivity index (χ0) is 12.2. The first-order valence-electron chi connectivity index (χ1n) is 6.42. The summed E-state index contributed by atoms with van der Waals surface area (Å²) in [5.74, 6) is 0.911. The van der Waals surface area contributed by atoms with Crippen LogP contribution in [0.4, 0.5) is 0 Å². The third-order valence-corrected chi connectivity index (χ3v) is 4.07. The van der Waals surface area contributed by atoms with Crippen LogP contribution in [0.5, 0.6) is 0 Å². The van der Waals surface area contributed by atoms with Gasteiger partial charge in [0.2, 0.25) is 0 Å². The van der Waals surface area contributed by atoms with Gasteiger partial charge in [-0.05, 0) is 38.5 Å². The van der Waals surface area contributed by atoms with E-state index in [9.17, 15) is 4.79 Å². The molecule has 1 aliphatic rings. The van der Waals surface area contributed by atoms with Crippen LogP contribution in [0.15, 0.2) is 12.7 Å². The lowest BCUT2D eigenvalue weighted by molar-refractivity contribution is -0.165. The number of carbonyl (C=O) groups is 1. The Morgan fingerprint density at radius 1 is 1.50 bits per heavy atom. The van der Waals surface area contributed by atoms with E-state index in [4.69, 9.17) is 4.74 Å². The fourth-order valence-corrected chi connectivity index (χ4v) is 3.25. The third kappa shape index (κ3) is 2.66. The highest BCUT2D eigenvalue weighted by Gasteiger charge is 2.43. The van der Waals surface area contributed by atoms with Crippen LogP contribution in [-0.4, -0.2) is 11.6 Å². The highest BCUT2D eigenvalue weighted by atomic mass is 16.6. The molecule has 1 saturated carbocycles. The van der Waals surface area contributed by atoms with Crippen molar-refractivity contribution >= 4 is 5.97 Å². The van der Waals surface area contributed by atoms with Crippen molar-refractivity contribution in [1.29, 1.82) is 0 Å². The van der Waals surface area contributed by atoms with E-state index in [0.29, 0.717) is 11.8 Å². The maximum absolute atomic E-state index is 11.4. The predicted molar refractivity (Wildman–Crippen MR) is 66.1 cm³/mol. The van der Waals surface area contributed by atoms with Crippen LogP contribution in [0.3, 0.4) is 0 Å². The molecular weight excluding hydrogens is 200 g/mol. The molecule has 0 spiro atoms. The molecule has 0 aliphatic heterocycles. The zero-order valence-corrected chi connectivity index (χ0v) is 10.8. The number of hydrogen-bond donors (Lipinski definition) is 0. The number of carbonyl (C=O) groups excluding carboxylic acids is 1. The van der Waals surface area contributed by atoms with Crippen molar-refractivity contribution in [3.8, 4) is 0 Å².